The summed E-state index contributed by atoms with van der Waals surface area (Å²) in [5.74, 6) is 4.35. The largest absolute Gasteiger partial charge is 0.477 e. The van der Waals surface area contributed by atoms with Crippen molar-refractivity contribution in [2.45, 2.75) is 0 Å². The molecule has 1 aromatic carbocycles. The van der Waals surface area contributed by atoms with E-state index in [1.54, 1.807) is 12.1 Å². The highest BCUT2D eigenvalue weighted by molar-refractivity contribution is 7.20. The topological polar surface area (TPSA) is 75.3 Å². The number of carboxylic acid groups (broad SMARTS) is 1. The SMILES string of the molecule is NNc1ccc2cc(C(=O)O)sc2c1. The number of benzene rings is 1. The number of hydrogen-bond acceptors (Lipinski definition) is 4. The van der Waals surface area contributed by atoms with Gasteiger partial charge in [0.1, 0.15) is 4.88 Å². The molecule has 0 aliphatic rings. The van der Waals surface area contributed by atoms with Crippen LogP contribution >= 0.6 is 11.3 Å². The Kier molecular flexibility index (Phi) is 2.11. The third kappa shape index (κ3) is 1.43. The molecule has 0 radical (unpaired) electrons. The van der Waals surface area contributed by atoms with Crippen LogP contribution in [0.25, 0.3) is 10.1 Å². The first-order chi connectivity index (χ1) is 6.70. The summed E-state index contributed by atoms with van der Waals surface area (Å²) in [6, 6.07) is 7.13. The Hall–Kier alpha value is -1.59. The smallest absolute Gasteiger partial charge is 0.345 e. The summed E-state index contributed by atoms with van der Waals surface area (Å²) in [5.41, 5.74) is 3.29. The number of carboxylic acids is 1. The summed E-state index contributed by atoms with van der Waals surface area (Å²) in [7, 11) is 0. The molecular formula is C9H8N2O2S. The normalized spacial score (nSPS) is 10.4. The Morgan fingerprint density at radius 3 is 2.86 bits per heavy atom. The fourth-order valence-electron chi connectivity index (χ4n) is 1.23. The third-order valence-corrected chi connectivity index (χ3v) is 2.98. The molecule has 1 heterocycles. The minimum atomic E-state index is -0.895. The van der Waals surface area contributed by atoms with Crippen molar-refractivity contribution in [3.05, 3.63) is 29.1 Å². The minimum absolute atomic E-state index is 0.342. The Morgan fingerprint density at radius 1 is 1.43 bits per heavy atom. The van der Waals surface area contributed by atoms with Gasteiger partial charge in [0.05, 0.1) is 0 Å². The fraction of sp³-hybridized carbons (Fsp3) is 0. The molecule has 0 aliphatic carbocycles. The molecule has 0 unspecified atom stereocenters. The van der Waals surface area contributed by atoms with E-state index in [0.717, 1.165) is 15.8 Å². The second-order valence-corrected chi connectivity index (χ2v) is 3.90. The van der Waals surface area contributed by atoms with Crippen molar-refractivity contribution in [2.24, 2.45) is 5.84 Å². The summed E-state index contributed by atoms with van der Waals surface area (Å²) >= 11 is 1.24. The molecule has 2 rings (SSSR count). The lowest BCUT2D eigenvalue weighted by atomic mass is 10.2. The van der Waals surface area contributed by atoms with Crippen molar-refractivity contribution in [1.29, 1.82) is 0 Å². The highest BCUT2D eigenvalue weighted by Crippen LogP contribution is 2.27. The van der Waals surface area contributed by atoms with Crippen LogP contribution in [0.1, 0.15) is 9.67 Å². The molecule has 4 N–H and O–H groups in total. The van der Waals surface area contributed by atoms with E-state index in [1.165, 1.54) is 11.3 Å². The Morgan fingerprint density at radius 2 is 2.21 bits per heavy atom. The van der Waals surface area contributed by atoms with Gasteiger partial charge in [-0.15, -0.1) is 11.3 Å². The molecular weight excluding hydrogens is 200 g/mol. The number of aromatic carboxylic acids is 1. The van der Waals surface area contributed by atoms with Gasteiger partial charge in [-0.25, -0.2) is 4.79 Å². The average Bonchev–Trinajstić information content (AvgIpc) is 2.59. The Balaban J connectivity index is 2.60. The van der Waals surface area contributed by atoms with E-state index >= 15 is 0 Å². The summed E-state index contributed by atoms with van der Waals surface area (Å²) in [6.45, 7) is 0. The quantitative estimate of drug-likeness (QED) is 0.520. The molecule has 2 aromatic rings. The van der Waals surface area contributed by atoms with Gasteiger partial charge in [-0.1, -0.05) is 6.07 Å². The van der Waals surface area contributed by atoms with Crippen LogP contribution in [0.2, 0.25) is 0 Å². The monoisotopic (exact) mass is 208 g/mol. The maximum absolute atomic E-state index is 10.7. The van der Waals surface area contributed by atoms with Crippen LogP contribution < -0.4 is 11.3 Å². The van der Waals surface area contributed by atoms with E-state index in [1.807, 2.05) is 12.1 Å². The number of nitrogen functional groups attached to an aromatic ring is 1. The zero-order valence-corrected chi connectivity index (χ0v) is 7.97. The number of hydrazine groups is 1. The van der Waals surface area contributed by atoms with Gasteiger partial charge in [-0.3, -0.25) is 5.84 Å². The Labute approximate surface area is 83.9 Å². The lowest BCUT2D eigenvalue weighted by Gasteiger charge is -1.97. The summed E-state index contributed by atoms with van der Waals surface area (Å²) in [6.07, 6.45) is 0. The predicted molar refractivity (Wildman–Crippen MR) is 56.6 cm³/mol. The second kappa shape index (κ2) is 3.28. The minimum Gasteiger partial charge on any atom is -0.477 e. The number of carbonyl (C=O) groups is 1. The van der Waals surface area contributed by atoms with Crippen molar-refractivity contribution in [1.82, 2.24) is 0 Å². The molecule has 1 aromatic heterocycles. The van der Waals surface area contributed by atoms with Gasteiger partial charge in [-0.2, -0.15) is 0 Å². The van der Waals surface area contributed by atoms with Gasteiger partial charge in [0.15, 0.2) is 0 Å². The summed E-state index contributed by atoms with van der Waals surface area (Å²) in [4.78, 5) is 11.0. The van der Waals surface area contributed by atoms with Gasteiger partial charge < -0.3 is 10.5 Å². The molecule has 4 nitrogen and oxygen atoms in total. The maximum Gasteiger partial charge on any atom is 0.345 e. The highest BCUT2D eigenvalue weighted by atomic mass is 32.1. The number of fused-ring (bicyclic) bond motifs is 1. The van der Waals surface area contributed by atoms with E-state index in [4.69, 9.17) is 10.9 Å². The van der Waals surface area contributed by atoms with Crippen molar-refractivity contribution in [2.75, 3.05) is 5.43 Å². The first-order valence-corrected chi connectivity index (χ1v) is 4.76. The van der Waals surface area contributed by atoms with E-state index < -0.39 is 5.97 Å². The van der Waals surface area contributed by atoms with Crippen LogP contribution in [0.4, 0.5) is 5.69 Å². The van der Waals surface area contributed by atoms with Gasteiger partial charge in [-0.05, 0) is 23.6 Å². The van der Waals surface area contributed by atoms with Crippen molar-refractivity contribution in [3.63, 3.8) is 0 Å². The molecule has 14 heavy (non-hydrogen) atoms. The molecule has 0 spiro atoms. The molecule has 0 amide bonds. The predicted octanol–water partition coefficient (Wildman–Crippen LogP) is 1.89. The van der Waals surface area contributed by atoms with Crippen LogP contribution in [0.15, 0.2) is 24.3 Å². The number of nitrogens with two attached hydrogens (primary N) is 1. The van der Waals surface area contributed by atoms with Crippen LogP contribution in [0.3, 0.4) is 0 Å². The first kappa shape index (κ1) is 8.98. The summed E-state index contributed by atoms with van der Waals surface area (Å²) in [5, 5.41) is 9.71. The van der Waals surface area contributed by atoms with Crippen molar-refractivity contribution >= 4 is 33.1 Å². The standard InChI is InChI=1S/C9H8N2O2S/c10-11-6-2-1-5-3-8(9(12)13)14-7(5)4-6/h1-4,11H,10H2,(H,12,13). The van der Waals surface area contributed by atoms with Gasteiger partial charge in [0.25, 0.3) is 0 Å². The van der Waals surface area contributed by atoms with Gasteiger partial charge in [0.2, 0.25) is 0 Å². The Bertz CT molecular complexity index is 493. The molecule has 0 aliphatic heterocycles. The molecule has 0 saturated heterocycles. The number of hydrogen-bond donors (Lipinski definition) is 3. The number of nitrogens with one attached hydrogen (secondary N) is 1. The molecule has 5 heteroatoms. The van der Waals surface area contributed by atoms with E-state index in [2.05, 4.69) is 5.43 Å². The number of anilines is 1. The third-order valence-electron chi connectivity index (χ3n) is 1.90. The number of rotatable bonds is 2. The molecule has 0 fully saturated rings. The van der Waals surface area contributed by atoms with E-state index in [9.17, 15) is 4.79 Å². The average molecular weight is 208 g/mol. The highest BCUT2D eigenvalue weighted by Gasteiger charge is 2.07. The number of thiophene rings is 1. The van der Waals surface area contributed by atoms with Gasteiger partial charge >= 0.3 is 5.97 Å². The lowest BCUT2D eigenvalue weighted by Crippen LogP contribution is -2.05. The van der Waals surface area contributed by atoms with E-state index in [0.29, 0.717) is 4.88 Å². The second-order valence-electron chi connectivity index (χ2n) is 2.81. The lowest BCUT2D eigenvalue weighted by molar-refractivity contribution is 0.0702. The summed E-state index contributed by atoms with van der Waals surface area (Å²) < 4.78 is 0.915. The molecule has 0 saturated carbocycles. The van der Waals surface area contributed by atoms with E-state index in [-0.39, 0.29) is 0 Å². The molecule has 72 valence electrons. The van der Waals surface area contributed by atoms with Crippen LogP contribution in [0.5, 0.6) is 0 Å². The van der Waals surface area contributed by atoms with Crippen LogP contribution in [-0.4, -0.2) is 11.1 Å². The zero-order chi connectivity index (χ0) is 10.1. The van der Waals surface area contributed by atoms with Gasteiger partial charge in [0, 0.05) is 10.4 Å². The maximum atomic E-state index is 10.7. The zero-order valence-electron chi connectivity index (χ0n) is 7.15. The van der Waals surface area contributed by atoms with Crippen molar-refractivity contribution in [3.8, 4) is 0 Å². The fourth-order valence-corrected chi connectivity index (χ4v) is 2.17. The van der Waals surface area contributed by atoms with Crippen LogP contribution in [-0.2, 0) is 0 Å². The van der Waals surface area contributed by atoms with Crippen LogP contribution in [0, 0.1) is 0 Å². The molecule has 0 bridgehead atoms. The molecule has 0 atom stereocenters. The van der Waals surface area contributed by atoms with Crippen molar-refractivity contribution < 1.29 is 9.90 Å². The first-order valence-electron chi connectivity index (χ1n) is 3.94.